The lowest BCUT2D eigenvalue weighted by atomic mass is 10.0. The summed E-state index contributed by atoms with van der Waals surface area (Å²) in [5.41, 5.74) is 2.39. The molecule has 1 N–H and O–H groups in total. The average molecular weight is 305 g/mol. The van der Waals surface area contributed by atoms with Gasteiger partial charge in [-0.1, -0.05) is 34.1 Å². The molecule has 0 saturated heterocycles. The Morgan fingerprint density at radius 1 is 1.23 bits per heavy atom. The Kier molecular flexibility index (Phi) is 5.85. The summed E-state index contributed by atoms with van der Waals surface area (Å²) in [5.74, 6) is 1.18. The van der Waals surface area contributed by atoms with Gasteiger partial charge in [-0.05, 0) is 49.1 Å². The lowest BCUT2D eigenvalue weighted by Crippen LogP contribution is -2.30. The fourth-order valence-corrected chi connectivity index (χ4v) is 3.35. The van der Waals surface area contributed by atoms with E-state index in [0.717, 1.165) is 24.8 Å². The normalized spacial score (nSPS) is 24.3. The highest BCUT2D eigenvalue weighted by Gasteiger charge is 2.28. The van der Waals surface area contributed by atoms with E-state index in [9.17, 15) is 9.90 Å². The molecule has 2 atom stereocenters. The maximum atomic E-state index is 12.6. The highest BCUT2D eigenvalue weighted by Crippen LogP contribution is 2.40. The highest BCUT2D eigenvalue weighted by molar-refractivity contribution is 5.27. The molecule has 0 spiro atoms. The van der Waals surface area contributed by atoms with Crippen molar-refractivity contribution in [2.75, 3.05) is 0 Å². The summed E-state index contributed by atoms with van der Waals surface area (Å²) >= 11 is 0. The van der Waals surface area contributed by atoms with Gasteiger partial charge in [0.15, 0.2) is 0 Å². The Bertz CT molecular complexity index is 543. The van der Waals surface area contributed by atoms with E-state index < -0.39 is 0 Å². The van der Waals surface area contributed by atoms with Crippen molar-refractivity contribution in [3.8, 4) is 0 Å². The molecule has 124 valence electrons. The largest absolute Gasteiger partial charge is 0.393 e. The van der Waals surface area contributed by atoms with Crippen molar-refractivity contribution in [3.05, 3.63) is 33.7 Å². The number of aliphatic hydroxyl groups is 1. The minimum Gasteiger partial charge on any atom is -0.393 e. The van der Waals surface area contributed by atoms with Crippen LogP contribution in [0.25, 0.3) is 0 Å². The summed E-state index contributed by atoms with van der Waals surface area (Å²) in [6.45, 7) is 8.85. The van der Waals surface area contributed by atoms with Crippen LogP contribution in [-0.4, -0.2) is 15.8 Å². The van der Waals surface area contributed by atoms with Gasteiger partial charge in [-0.2, -0.15) is 0 Å². The molecule has 2 fully saturated rings. The van der Waals surface area contributed by atoms with Gasteiger partial charge in [0.1, 0.15) is 0 Å². The second kappa shape index (κ2) is 7.45. The van der Waals surface area contributed by atoms with Gasteiger partial charge < -0.3 is 9.67 Å². The molecular formula is C19H31NO2. The van der Waals surface area contributed by atoms with Crippen LogP contribution in [0, 0.1) is 5.92 Å². The highest BCUT2D eigenvalue weighted by atomic mass is 16.3. The van der Waals surface area contributed by atoms with Crippen LogP contribution in [0.3, 0.4) is 0 Å². The molecule has 3 nitrogen and oxygen atoms in total. The summed E-state index contributed by atoms with van der Waals surface area (Å²) in [6.07, 6.45) is 7.34. The molecule has 0 radical (unpaired) electrons. The number of nitrogens with zero attached hydrogens (tertiary/aromatic N) is 1. The number of aromatic nitrogens is 1. The van der Waals surface area contributed by atoms with Crippen LogP contribution in [0.2, 0.25) is 0 Å². The van der Waals surface area contributed by atoms with E-state index in [1.54, 1.807) is 0 Å². The third kappa shape index (κ3) is 3.81. The van der Waals surface area contributed by atoms with Crippen molar-refractivity contribution in [1.29, 1.82) is 0 Å². The number of aliphatic hydroxyl groups excluding tert-OH is 1. The van der Waals surface area contributed by atoms with Crippen molar-refractivity contribution < 1.29 is 5.11 Å². The first-order valence-electron chi connectivity index (χ1n) is 8.98. The van der Waals surface area contributed by atoms with E-state index in [4.69, 9.17) is 0 Å². The zero-order valence-electron chi connectivity index (χ0n) is 14.5. The fraction of sp³-hybridized carbons (Fsp3) is 0.737. The average Bonchev–Trinajstić information content (AvgIpc) is 3.28. The number of hydrogen-bond donors (Lipinski definition) is 1. The van der Waals surface area contributed by atoms with E-state index in [0.29, 0.717) is 12.5 Å². The van der Waals surface area contributed by atoms with Crippen molar-refractivity contribution >= 4 is 0 Å². The smallest absolute Gasteiger partial charge is 0.254 e. The Morgan fingerprint density at radius 2 is 1.91 bits per heavy atom. The molecule has 3 heteroatoms. The van der Waals surface area contributed by atoms with Crippen LogP contribution in [0.5, 0.6) is 0 Å². The molecule has 1 aromatic rings. The first kappa shape index (κ1) is 17.3. The molecule has 0 aliphatic heterocycles. The number of hydrogen-bond acceptors (Lipinski definition) is 2. The van der Waals surface area contributed by atoms with E-state index in [1.807, 2.05) is 18.4 Å². The summed E-state index contributed by atoms with van der Waals surface area (Å²) in [5, 5.41) is 10.00. The topological polar surface area (TPSA) is 42.2 Å². The van der Waals surface area contributed by atoms with Gasteiger partial charge in [0.05, 0.1) is 6.10 Å². The second-order valence-corrected chi connectivity index (χ2v) is 6.87. The molecule has 0 amide bonds. The van der Waals surface area contributed by atoms with Gasteiger partial charge in [0, 0.05) is 24.2 Å². The lowest BCUT2D eigenvalue weighted by molar-refractivity contribution is 0.122. The Hall–Kier alpha value is -1.09. The second-order valence-electron chi connectivity index (χ2n) is 6.87. The maximum Gasteiger partial charge on any atom is 0.254 e. The van der Waals surface area contributed by atoms with Gasteiger partial charge in [-0.3, -0.25) is 4.79 Å². The van der Waals surface area contributed by atoms with E-state index in [2.05, 4.69) is 26.1 Å². The van der Waals surface area contributed by atoms with Crippen LogP contribution >= 0.6 is 0 Å². The lowest BCUT2D eigenvalue weighted by Gasteiger charge is -2.19. The summed E-state index contributed by atoms with van der Waals surface area (Å²) < 4.78 is 1.88. The zero-order chi connectivity index (χ0) is 16.3. The van der Waals surface area contributed by atoms with Crippen molar-refractivity contribution in [1.82, 2.24) is 4.57 Å². The molecule has 1 aromatic heterocycles. The van der Waals surface area contributed by atoms with Gasteiger partial charge >= 0.3 is 0 Å². The van der Waals surface area contributed by atoms with Crippen LogP contribution in [0.1, 0.15) is 82.8 Å². The first-order chi connectivity index (χ1) is 10.6. The molecule has 2 saturated carbocycles. The van der Waals surface area contributed by atoms with Gasteiger partial charge in [0.25, 0.3) is 5.56 Å². The van der Waals surface area contributed by atoms with Crippen LogP contribution in [-0.2, 0) is 6.54 Å². The van der Waals surface area contributed by atoms with E-state index in [1.165, 1.54) is 18.4 Å². The zero-order valence-corrected chi connectivity index (χ0v) is 14.5. The number of pyridine rings is 1. The fourth-order valence-electron chi connectivity index (χ4n) is 3.35. The minimum absolute atomic E-state index is 0.142. The first-order valence-corrected chi connectivity index (χ1v) is 8.98. The molecular weight excluding hydrogens is 274 g/mol. The Labute approximate surface area is 134 Å². The summed E-state index contributed by atoms with van der Waals surface area (Å²) in [4.78, 5) is 12.6. The SMILES string of the molecule is CC.CC(C)c1cc(C2CC2)cn(CC2CCCC2O)c1=O. The molecule has 0 bridgehead atoms. The van der Waals surface area contributed by atoms with Gasteiger partial charge in [0.2, 0.25) is 0 Å². The van der Waals surface area contributed by atoms with Crippen molar-refractivity contribution in [2.24, 2.45) is 5.92 Å². The van der Waals surface area contributed by atoms with Crippen LogP contribution < -0.4 is 5.56 Å². The monoisotopic (exact) mass is 305 g/mol. The molecule has 2 aliphatic rings. The quantitative estimate of drug-likeness (QED) is 0.912. The predicted molar refractivity (Wildman–Crippen MR) is 91.5 cm³/mol. The minimum atomic E-state index is -0.228. The van der Waals surface area contributed by atoms with Crippen LogP contribution in [0.4, 0.5) is 0 Å². The Morgan fingerprint density at radius 3 is 2.41 bits per heavy atom. The number of rotatable bonds is 4. The van der Waals surface area contributed by atoms with Gasteiger partial charge in [-0.25, -0.2) is 0 Å². The standard InChI is InChI=1S/C17H25NO2.C2H6/c1-11(2)15-8-14(12-6-7-12)10-18(17(15)20)9-13-4-3-5-16(13)19;1-2/h8,10-13,16,19H,3-7,9H2,1-2H3;1-2H3. The van der Waals surface area contributed by atoms with E-state index >= 15 is 0 Å². The van der Waals surface area contributed by atoms with Crippen LogP contribution in [0.15, 0.2) is 17.1 Å². The molecule has 3 rings (SSSR count). The Balaban J connectivity index is 0.000000847. The molecule has 2 aliphatic carbocycles. The summed E-state index contributed by atoms with van der Waals surface area (Å²) in [7, 11) is 0. The molecule has 2 unspecified atom stereocenters. The predicted octanol–water partition coefficient (Wildman–Crippen LogP) is 4.04. The molecule has 1 heterocycles. The van der Waals surface area contributed by atoms with Crippen molar-refractivity contribution in [3.63, 3.8) is 0 Å². The molecule has 22 heavy (non-hydrogen) atoms. The van der Waals surface area contributed by atoms with E-state index in [-0.39, 0.29) is 23.5 Å². The van der Waals surface area contributed by atoms with Crippen molar-refractivity contribution in [2.45, 2.75) is 84.3 Å². The summed E-state index contributed by atoms with van der Waals surface area (Å²) in [6, 6.07) is 2.12. The maximum absolute atomic E-state index is 12.6. The molecule has 0 aromatic carbocycles. The third-order valence-electron chi connectivity index (χ3n) is 4.86. The third-order valence-corrected chi connectivity index (χ3v) is 4.86. The van der Waals surface area contributed by atoms with Gasteiger partial charge in [-0.15, -0.1) is 0 Å².